The average molecular weight is 314 g/mol. The van der Waals surface area contributed by atoms with Gasteiger partial charge in [-0.3, -0.25) is 9.59 Å². The number of carboxylic acids is 1. The summed E-state index contributed by atoms with van der Waals surface area (Å²) in [5, 5.41) is 12.6. The molecule has 0 aliphatic carbocycles. The van der Waals surface area contributed by atoms with Crippen LogP contribution in [0.4, 0.5) is 0 Å². The summed E-state index contributed by atoms with van der Waals surface area (Å²) in [6.07, 6.45) is -0.535. The molecule has 0 unspecified atom stereocenters. The Bertz CT molecular complexity index is 494. The molecule has 2 rings (SSSR count). The molecule has 1 saturated heterocycles. The van der Waals surface area contributed by atoms with Crippen LogP contribution in [0.3, 0.4) is 0 Å². The molecule has 1 fully saturated rings. The van der Waals surface area contributed by atoms with Gasteiger partial charge in [-0.15, -0.1) is 12.4 Å². The lowest BCUT2D eigenvalue weighted by atomic mass is 9.88. The maximum Gasteiger partial charge on any atom is 0.311 e. The van der Waals surface area contributed by atoms with E-state index in [0.29, 0.717) is 0 Å². The number of esters is 1. The van der Waals surface area contributed by atoms with E-state index < -0.39 is 24.0 Å². The number of benzene rings is 1. The summed E-state index contributed by atoms with van der Waals surface area (Å²) in [6, 6.07) is 9.28. The molecule has 6 heteroatoms. The minimum atomic E-state index is -0.942. The molecule has 4 atom stereocenters. The van der Waals surface area contributed by atoms with Gasteiger partial charge in [0.1, 0.15) is 12.0 Å². The number of rotatable bonds is 4. The summed E-state index contributed by atoms with van der Waals surface area (Å²) in [6.45, 7) is 3.58. The van der Waals surface area contributed by atoms with Crippen molar-refractivity contribution in [3.8, 4) is 0 Å². The van der Waals surface area contributed by atoms with Crippen LogP contribution in [-0.2, 0) is 14.3 Å². The fourth-order valence-corrected chi connectivity index (χ4v) is 2.66. The summed E-state index contributed by atoms with van der Waals surface area (Å²) >= 11 is 0. The van der Waals surface area contributed by atoms with E-state index in [1.165, 1.54) is 0 Å². The summed E-state index contributed by atoms with van der Waals surface area (Å²) in [4.78, 5) is 22.9. The number of carbonyl (C=O) groups excluding carboxylic acids is 1. The van der Waals surface area contributed by atoms with Gasteiger partial charge in [-0.1, -0.05) is 30.3 Å². The molecule has 2 N–H and O–H groups in total. The highest BCUT2D eigenvalue weighted by Crippen LogP contribution is 2.25. The lowest BCUT2D eigenvalue weighted by molar-refractivity contribution is -0.167. The normalized spacial score (nSPS) is 26.4. The lowest BCUT2D eigenvalue weighted by Crippen LogP contribution is -2.52. The first-order chi connectivity index (χ1) is 9.49. The first-order valence-electron chi connectivity index (χ1n) is 6.72. The highest BCUT2D eigenvalue weighted by molar-refractivity contribution is 5.85. The molecule has 1 aromatic rings. The Morgan fingerprint density at radius 2 is 2.00 bits per heavy atom. The molecular formula is C15H20ClNO4. The molecule has 1 aliphatic heterocycles. The third-order valence-electron chi connectivity index (χ3n) is 3.69. The van der Waals surface area contributed by atoms with E-state index in [1.54, 1.807) is 6.92 Å². The average Bonchev–Trinajstić information content (AvgIpc) is 2.38. The van der Waals surface area contributed by atoms with Crippen LogP contribution in [0.2, 0.25) is 0 Å². The van der Waals surface area contributed by atoms with Crippen molar-refractivity contribution in [1.29, 1.82) is 0 Å². The van der Waals surface area contributed by atoms with Crippen molar-refractivity contribution in [2.75, 3.05) is 0 Å². The van der Waals surface area contributed by atoms with Crippen LogP contribution in [0, 0.1) is 5.92 Å². The largest absolute Gasteiger partial charge is 0.481 e. The molecule has 0 spiro atoms. The molecule has 116 valence electrons. The van der Waals surface area contributed by atoms with E-state index in [-0.39, 0.29) is 30.8 Å². The van der Waals surface area contributed by atoms with Gasteiger partial charge in [0.05, 0.1) is 6.42 Å². The fraction of sp³-hybridized carbons (Fsp3) is 0.467. The number of carbonyl (C=O) groups is 2. The molecule has 0 saturated carbocycles. The molecule has 0 bridgehead atoms. The zero-order valence-electron chi connectivity index (χ0n) is 12.0. The van der Waals surface area contributed by atoms with Crippen LogP contribution in [0.25, 0.3) is 0 Å². The van der Waals surface area contributed by atoms with Crippen LogP contribution in [0.15, 0.2) is 30.3 Å². The molecule has 5 nitrogen and oxygen atoms in total. The maximum absolute atomic E-state index is 11.5. The van der Waals surface area contributed by atoms with E-state index >= 15 is 0 Å². The number of ether oxygens (including phenoxy) is 1. The van der Waals surface area contributed by atoms with E-state index in [9.17, 15) is 14.7 Å². The maximum atomic E-state index is 11.5. The topological polar surface area (TPSA) is 75.6 Å². The third kappa shape index (κ3) is 4.19. The Hall–Kier alpha value is -1.59. The van der Waals surface area contributed by atoms with Gasteiger partial charge in [0.2, 0.25) is 0 Å². The summed E-state index contributed by atoms with van der Waals surface area (Å²) in [5.74, 6) is -2.02. The van der Waals surface area contributed by atoms with Gasteiger partial charge in [-0.2, -0.15) is 0 Å². The molecule has 0 amide bonds. The third-order valence-corrected chi connectivity index (χ3v) is 3.69. The zero-order valence-corrected chi connectivity index (χ0v) is 12.8. The van der Waals surface area contributed by atoms with Gasteiger partial charge in [0.15, 0.2) is 0 Å². The fourth-order valence-electron chi connectivity index (χ4n) is 2.66. The van der Waals surface area contributed by atoms with Crippen LogP contribution in [0.1, 0.15) is 31.9 Å². The zero-order chi connectivity index (χ0) is 14.7. The van der Waals surface area contributed by atoms with Gasteiger partial charge >= 0.3 is 11.9 Å². The number of halogens is 1. The lowest BCUT2D eigenvalue weighted by Gasteiger charge is -2.35. The molecule has 0 radical (unpaired) electrons. The van der Waals surface area contributed by atoms with Gasteiger partial charge in [0.25, 0.3) is 0 Å². The van der Waals surface area contributed by atoms with E-state index in [2.05, 4.69) is 5.32 Å². The van der Waals surface area contributed by atoms with Crippen molar-refractivity contribution in [3.05, 3.63) is 35.9 Å². The van der Waals surface area contributed by atoms with Crippen molar-refractivity contribution >= 4 is 24.3 Å². The second-order valence-corrected chi connectivity index (χ2v) is 5.17. The molecule has 1 aromatic carbocycles. The van der Waals surface area contributed by atoms with Gasteiger partial charge < -0.3 is 15.2 Å². The first-order valence-corrected chi connectivity index (χ1v) is 6.72. The summed E-state index contributed by atoms with van der Waals surface area (Å²) in [7, 11) is 0. The predicted octanol–water partition coefficient (Wildman–Crippen LogP) is 2.16. The van der Waals surface area contributed by atoms with Crippen molar-refractivity contribution < 1.29 is 19.4 Å². The van der Waals surface area contributed by atoms with E-state index in [4.69, 9.17) is 4.74 Å². The van der Waals surface area contributed by atoms with Crippen LogP contribution >= 0.6 is 12.4 Å². The molecule has 1 heterocycles. The number of hydrogen-bond donors (Lipinski definition) is 2. The highest BCUT2D eigenvalue weighted by Gasteiger charge is 2.41. The Balaban J connectivity index is 0.00000220. The number of cyclic esters (lactones) is 1. The molecule has 0 aromatic heterocycles. The standard InChI is InChI=1S/C15H19NO4.ClH/c1-9(11-6-4-3-5-7-11)16-12-8-13(17)20-10(2)14(12)15(18)19;/h3-7,9-10,12,14,16H,8H2,1-2H3,(H,18,19);1H/t9-,10+,12-,14-;/m1./s1. The number of hydrogen-bond acceptors (Lipinski definition) is 4. The Morgan fingerprint density at radius 3 is 2.57 bits per heavy atom. The molecule has 21 heavy (non-hydrogen) atoms. The van der Waals surface area contributed by atoms with E-state index in [1.807, 2.05) is 37.3 Å². The van der Waals surface area contributed by atoms with Gasteiger partial charge in [-0.25, -0.2) is 0 Å². The first kappa shape index (κ1) is 17.5. The van der Waals surface area contributed by atoms with E-state index in [0.717, 1.165) is 5.56 Å². The Kier molecular flexibility index (Phi) is 6.18. The number of nitrogens with one attached hydrogen (secondary N) is 1. The van der Waals surface area contributed by atoms with Crippen molar-refractivity contribution in [1.82, 2.24) is 5.32 Å². The Labute approximate surface area is 130 Å². The van der Waals surface area contributed by atoms with Gasteiger partial charge in [0, 0.05) is 12.1 Å². The SMILES string of the molecule is C[C@@H]1OC(=O)C[C@@H](N[C@H](C)c2ccccc2)[C@@H]1C(=O)O.Cl. The molecular weight excluding hydrogens is 294 g/mol. The second kappa shape index (κ2) is 7.43. The van der Waals surface area contributed by atoms with Crippen molar-refractivity contribution in [2.45, 2.75) is 38.5 Å². The predicted molar refractivity (Wildman–Crippen MR) is 80.3 cm³/mol. The van der Waals surface area contributed by atoms with Crippen molar-refractivity contribution in [3.63, 3.8) is 0 Å². The smallest absolute Gasteiger partial charge is 0.311 e. The minimum absolute atomic E-state index is 0. The minimum Gasteiger partial charge on any atom is -0.481 e. The molecule has 1 aliphatic rings. The highest BCUT2D eigenvalue weighted by atomic mass is 35.5. The number of aliphatic carboxylic acids is 1. The van der Waals surface area contributed by atoms with Crippen LogP contribution < -0.4 is 5.32 Å². The van der Waals surface area contributed by atoms with Crippen LogP contribution in [0.5, 0.6) is 0 Å². The second-order valence-electron chi connectivity index (χ2n) is 5.17. The van der Waals surface area contributed by atoms with Crippen molar-refractivity contribution in [2.24, 2.45) is 5.92 Å². The monoisotopic (exact) mass is 313 g/mol. The quantitative estimate of drug-likeness (QED) is 0.833. The summed E-state index contributed by atoms with van der Waals surface area (Å²) in [5.41, 5.74) is 1.06. The Morgan fingerprint density at radius 1 is 1.38 bits per heavy atom. The van der Waals surface area contributed by atoms with Gasteiger partial charge in [-0.05, 0) is 19.4 Å². The number of carboxylic acid groups (broad SMARTS) is 1. The summed E-state index contributed by atoms with van der Waals surface area (Å²) < 4.78 is 5.02. The van der Waals surface area contributed by atoms with Crippen LogP contribution in [-0.4, -0.2) is 29.2 Å².